The Hall–Kier alpha value is -1.70. The van der Waals surface area contributed by atoms with Crippen LogP contribution in [0, 0.1) is 0 Å². The van der Waals surface area contributed by atoms with E-state index in [2.05, 4.69) is 6.58 Å². The molecule has 2 nitrogen and oxygen atoms in total. The summed E-state index contributed by atoms with van der Waals surface area (Å²) in [7, 11) is 1.92. The molecule has 0 heterocycles. The van der Waals surface area contributed by atoms with Crippen molar-refractivity contribution >= 4 is 5.69 Å². The van der Waals surface area contributed by atoms with Crippen LogP contribution in [0.25, 0.3) is 0 Å². The van der Waals surface area contributed by atoms with Gasteiger partial charge < -0.3 is 10.0 Å². The molecule has 0 spiro atoms. The standard InChI is InChI=1S/C13H17NO/c1-10(2)13(15)11(3)14(4)12-8-6-5-7-9-12/h5-9,15H,1H2,2-4H3/b13-11+. The Morgan fingerprint density at radius 1 is 1.20 bits per heavy atom. The van der Waals surface area contributed by atoms with Crippen LogP contribution in [-0.4, -0.2) is 12.2 Å². The van der Waals surface area contributed by atoms with Gasteiger partial charge in [-0.3, -0.25) is 0 Å². The molecule has 0 aliphatic rings. The van der Waals surface area contributed by atoms with E-state index in [-0.39, 0.29) is 5.76 Å². The van der Waals surface area contributed by atoms with Crippen LogP contribution in [-0.2, 0) is 0 Å². The molecule has 0 amide bonds. The van der Waals surface area contributed by atoms with Gasteiger partial charge in [-0.05, 0) is 31.6 Å². The van der Waals surface area contributed by atoms with Crippen molar-refractivity contribution in [1.29, 1.82) is 0 Å². The molecule has 0 saturated carbocycles. The molecule has 1 rings (SSSR count). The summed E-state index contributed by atoms with van der Waals surface area (Å²) in [5.41, 5.74) is 2.52. The lowest BCUT2D eigenvalue weighted by atomic mass is 10.2. The molecule has 0 aliphatic heterocycles. The lowest BCUT2D eigenvalue weighted by Gasteiger charge is -2.21. The first kappa shape index (κ1) is 11.4. The van der Waals surface area contributed by atoms with Gasteiger partial charge >= 0.3 is 0 Å². The van der Waals surface area contributed by atoms with Gasteiger partial charge in [0.1, 0.15) is 5.76 Å². The van der Waals surface area contributed by atoms with Gasteiger partial charge in [-0.15, -0.1) is 0 Å². The maximum absolute atomic E-state index is 9.77. The fourth-order valence-electron chi connectivity index (χ4n) is 1.31. The Kier molecular flexibility index (Phi) is 3.56. The number of allylic oxidation sites excluding steroid dienone is 2. The van der Waals surface area contributed by atoms with E-state index in [4.69, 9.17) is 0 Å². The van der Waals surface area contributed by atoms with Gasteiger partial charge in [-0.2, -0.15) is 0 Å². The van der Waals surface area contributed by atoms with E-state index < -0.39 is 0 Å². The predicted octanol–water partition coefficient (Wildman–Crippen LogP) is 3.49. The zero-order chi connectivity index (χ0) is 11.4. The molecule has 0 bridgehead atoms. The summed E-state index contributed by atoms with van der Waals surface area (Å²) in [5, 5.41) is 9.77. The lowest BCUT2D eigenvalue weighted by Crippen LogP contribution is -2.16. The number of hydrogen-bond donors (Lipinski definition) is 1. The number of anilines is 1. The summed E-state index contributed by atoms with van der Waals surface area (Å²) >= 11 is 0. The molecule has 0 radical (unpaired) electrons. The highest BCUT2D eigenvalue weighted by Gasteiger charge is 2.07. The third-order valence-electron chi connectivity index (χ3n) is 2.39. The van der Waals surface area contributed by atoms with Gasteiger partial charge in [0.25, 0.3) is 0 Å². The number of rotatable bonds is 3. The maximum Gasteiger partial charge on any atom is 0.137 e. The van der Waals surface area contributed by atoms with Crippen molar-refractivity contribution in [1.82, 2.24) is 0 Å². The van der Waals surface area contributed by atoms with E-state index in [0.717, 1.165) is 11.4 Å². The van der Waals surface area contributed by atoms with Gasteiger partial charge in [-0.1, -0.05) is 24.8 Å². The molecule has 0 aliphatic carbocycles. The summed E-state index contributed by atoms with van der Waals surface area (Å²) in [6.45, 7) is 7.38. The summed E-state index contributed by atoms with van der Waals surface area (Å²) < 4.78 is 0. The molecular formula is C13H17NO. The average Bonchev–Trinajstić information content (AvgIpc) is 2.27. The minimum absolute atomic E-state index is 0.251. The van der Waals surface area contributed by atoms with Crippen LogP contribution >= 0.6 is 0 Å². The van der Waals surface area contributed by atoms with Gasteiger partial charge in [0.05, 0.1) is 5.70 Å². The molecule has 1 N–H and O–H groups in total. The van der Waals surface area contributed by atoms with Crippen molar-refractivity contribution in [2.75, 3.05) is 11.9 Å². The Bertz CT molecular complexity index is 379. The van der Waals surface area contributed by atoms with E-state index in [1.807, 2.05) is 49.2 Å². The molecule has 1 aromatic carbocycles. The first-order chi connectivity index (χ1) is 7.04. The monoisotopic (exact) mass is 203 g/mol. The number of aliphatic hydroxyl groups excluding tert-OH is 1. The second-order valence-electron chi connectivity index (χ2n) is 3.61. The van der Waals surface area contributed by atoms with Gasteiger partial charge in [0.2, 0.25) is 0 Å². The van der Waals surface area contributed by atoms with Crippen molar-refractivity contribution in [3.63, 3.8) is 0 Å². The quantitative estimate of drug-likeness (QED) is 0.600. The van der Waals surface area contributed by atoms with Crippen molar-refractivity contribution in [3.8, 4) is 0 Å². The maximum atomic E-state index is 9.77. The van der Waals surface area contributed by atoms with Crippen LogP contribution in [0.3, 0.4) is 0 Å². The van der Waals surface area contributed by atoms with Gasteiger partial charge in [-0.25, -0.2) is 0 Å². The van der Waals surface area contributed by atoms with Gasteiger partial charge in [0.15, 0.2) is 0 Å². The Labute approximate surface area is 91.2 Å². The zero-order valence-corrected chi connectivity index (χ0v) is 9.49. The minimum atomic E-state index is 0.251. The van der Waals surface area contributed by atoms with E-state index in [0.29, 0.717) is 5.57 Å². The topological polar surface area (TPSA) is 23.5 Å². The van der Waals surface area contributed by atoms with Crippen molar-refractivity contribution in [2.45, 2.75) is 13.8 Å². The SMILES string of the molecule is C=C(C)/C(O)=C(/C)N(C)c1ccccc1. The molecule has 0 atom stereocenters. The number of nitrogens with zero attached hydrogens (tertiary/aromatic N) is 1. The highest BCUT2D eigenvalue weighted by molar-refractivity contribution is 5.52. The van der Waals surface area contributed by atoms with E-state index in [1.165, 1.54) is 0 Å². The van der Waals surface area contributed by atoms with Crippen LogP contribution in [0.2, 0.25) is 0 Å². The zero-order valence-electron chi connectivity index (χ0n) is 9.49. The molecule has 0 fully saturated rings. The number of aliphatic hydroxyl groups is 1. The van der Waals surface area contributed by atoms with E-state index in [1.54, 1.807) is 6.92 Å². The molecule has 0 unspecified atom stereocenters. The molecule has 0 saturated heterocycles. The highest BCUT2D eigenvalue weighted by atomic mass is 16.3. The second-order valence-corrected chi connectivity index (χ2v) is 3.61. The van der Waals surface area contributed by atoms with Crippen LogP contribution in [0.1, 0.15) is 13.8 Å². The summed E-state index contributed by atoms with van der Waals surface area (Å²) in [4.78, 5) is 1.93. The normalized spacial score (nSPS) is 11.9. The Morgan fingerprint density at radius 3 is 2.20 bits per heavy atom. The van der Waals surface area contributed by atoms with E-state index >= 15 is 0 Å². The van der Waals surface area contributed by atoms with Crippen LogP contribution in [0.15, 0.2) is 53.9 Å². The lowest BCUT2D eigenvalue weighted by molar-refractivity contribution is 0.415. The molecule has 15 heavy (non-hydrogen) atoms. The van der Waals surface area contributed by atoms with Crippen LogP contribution in [0.5, 0.6) is 0 Å². The second kappa shape index (κ2) is 4.69. The first-order valence-corrected chi connectivity index (χ1v) is 4.88. The fraction of sp³-hybridized carbons (Fsp3) is 0.231. The molecule has 0 aromatic heterocycles. The average molecular weight is 203 g/mol. The Morgan fingerprint density at radius 2 is 1.73 bits per heavy atom. The smallest absolute Gasteiger partial charge is 0.137 e. The third-order valence-corrected chi connectivity index (χ3v) is 2.39. The summed E-state index contributed by atoms with van der Waals surface area (Å²) in [5.74, 6) is 0.251. The largest absolute Gasteiger partial charge is 0.506 e. The number of para-hydroxylation sites is 1. The number of hydrogen-bond acceptors (Lipinski definition) is 2. The molecular weight excluding hydrogens is 186 g/mol. The van der Waals surface area contributed by atoms with Crippen LogP contribution < -0.4 is 4.90 Å². The van der Waals surface area contributed by atoms with Crippen molar-refractivity contribution in [2.24, 2.45) is 0 Å². The minimum Gasteiger partial charge on any atom is -0.506 e. The molecule has 2 heteroatoms. The molecule has 80 valence electrons. The van der Waals surface area contributed by atoms with Gasteiger partial charge in [0, 0.05) is 12.7 Å². The molecule has 1 aromatic rings. The summed E-state index contributed by atoms with van der Waals surface area (Å²) in [6, 6.07) is 9.90. The highest BCUT2D eigenvalue weighted by Crippen LogP contribution is 2.19. The van der Waals surface area contributed by atoms with Crippen LogP contribution in [0.4, 0.5) is 5.69 Å². The predicted molar refractivity (Wildman–Crippen MR) is 65.0 cm³/mol. The van der Waals surface area contributed by atoms with Crippen molar-refractivity contribution < 1.29 is 5.11 Å². The Balaban J connectivity index is 3.01. The van der Waals surface area contributed by atoms with Crippen molar-refractivity contribution in [3.05, 3.63) is 53.9 Å². The first-order valence-electron chi connectivity index (χ1n) is 4.88. The number of benzene rings is 1. The fourth-order valence-corrected chi connectivity index (χ4v) is 1.31. The van der Waals surface area contributed by atoms with E-state index in [9.17, 15) is 5.11 Å². The summed E-state index contributed by atoms with van der Waals surface area (Å²) in [6.07, 6.45) is 0. The third kappa shape index (κ3) is 2.62.